The van der Waals surface area contributed by atoms with Crippen LogP contribution >= 0.6 is 0 Å². The van der Waals surface area contributed by atoms with E-state index in [0.717, 1.165) is 23.2 Å². The number of primary sulfonamides is 1. The van der Waals surface area contributed by atoms with Gasteiger partial charge in [0.05, 0.1) is 4.90 Å². The van der Waals surface area contributed by atoms with Gasteiger partial charge in [0, 0.05) is 23.4 Å². The molecule has 1 aromatic carbocycles. The van der Waals surface area contributed by atoms with Crippen molar-refractivity contribution < 1.29 is 12.9 Å². The minimum Gasteiger partial charge on any atom is -0.339 e. The Morgan fingerprint density at radius 2 is 1.92 bits per heavy atom. The van der Waals surface area contributed by atoms with Crippen molar-refractivity contribution in [3.8, 4) is 11.4 Å². The number of sulfonamides is 1. The van der Waals surface area contributed by atoms with Gasteiger partial charge >= 0.3 is 0 Å². The normalized spacial score (nSPS) is 19.8. The van der Waals surface area contributed by atoms with Gasteiger partial charge in [-0.2, -0.15) is 4.98 Å². The summed E-state index contributed by atoms with van der Waals surface area (Å²) in [6, 6.07) is 10.4. The molecule has 0 saturated heterocycles. The van der Waals surface area contributed by atoms with Crippen molar-refractivity contribution in [1.82, 2.24) is 15.1 Å². The van der Waals surface area contributed by atoms with E-state index in [1.807, 2.05) is 19.1 Å². The Morgan fingerprint density at radius 1 is 1.16 bits per heavy atom. The molecule has 1 fully saturated rings. The SMILES string of the molecule is Cc1ncccc1-c1noc([C@H]2C[C@@H]2c2ccc(S(N)(=O)=O)cc2)n1. The predicted molar refractivity (Wildman–Crippen MR) is 90.2 cm³/mol. The maximum Gasteiger partial charge on any atom is 0.238 e. The Hall–Kier alpha value is -2.58. The summed E-state index contributed by atoms with van der Waals surface area (Å²) in [5.41, 5.74) is 2.74. The fourth-order valence-electron chi connectivity index (χ4n) is 2.96. The van der Waals surface area contributed by atoms with E-state index in [0.29, 0.717) is 11.7 Å². The molecule has 2 atom stereocenters. The predicted octanol–water partition coefficient (Wildman–Crippen LogP) is 2.36. The van der Waals surface area contributed by atoms with Crippen LogP contribution in [0.15, 0.2) is 52.0 Å². The van der Waals surface area contributed by atoms with Crippen molar-refractivity contribution in [3.63, 3.8) is 0 Å². The molecule has 7 nitrogen and oxygen atoms in total. The number of hydrogen-bond donors (Lipinski definition) is 1. The van der Waals surface area contributed by atoms with Crippen molar-refractivity contribution in [2.45, 2.75) is 30.1 Å². The third kappa shape index (κ3) is 3.06. The van der Waals surface area contributed by atoms with Gasteiger partial charge in [-0.3, -0.25) is 4.98 Å². The number of nitrogens with zero attached hydrogens (tertiary/aromatic N) is 3. The zero-order valence-corrected chi connectivity index (χ0v) is 14.3. The van der Waals surface area contributed by atoms with Crippen molar-refractivity contribution >= 4 is 10.0 Å². The van der Waals surface area contributed by atoms with Gasteiger partial charge < -0.3 is 4.52 Å². The molecule has 8 heteroatoms. The molecule has 3 aromatic rings. The lowest BCUT2D eigenvalue weighted by Gasteiger charge is -2.01. The molecule has 0 unspecified atom stereocenters. The monoisotopic (exact) mass is 356 g/mol. The van der Waals surface area contributed by atoms with Crippen molar-refractivity contribution in [2.24, 2.45) is 5.14 Å². The van der Waals surface area contributed by atoms with Gasteiger partial charge in [0.1, 0.15) is 0 Å². The second kappa shape index (κ2) is 5.75. The Labute approximate surface area is 145 Å². The maximum atomic E-state index is 11.3. The number of aromatic nitrogens is 3. The fourth-order valence-corrected chi connectivity index (χ4v) is 3.47. The molecule has 128 valence electrons. The summed E-state index contributed by atoms with van der Waals surface area (Å²) in [7, 11) is -3.67. The highest BCUT2D eigenvalue weighted by Gasteiger charge is 2.43. The maximum absolute atomic E-state index is 11.3. The third-order valence-corrected chi connectivity index (χ3v) is 5.36. The molecule has 1 aliphatic carbocycles. The average Bonchev–Trinajstić information content (AvgIpc) is 3.24. The lowest BCUT2D eigenvalue weighted by molar-refractivity contribution is 0.378. The summed E-state index contributed by atoms with van der Waals surface area (Å²) < 4.78 is 28.1. The van der Waals surface area contributed by atoms with Gasteiger partial charge in [0.2, 0.25) is 21.7 Å². The zero-order chi connectivity index (χ0) is 17.6. The van der Waals surface area contributed by atoms with Crippen LogP contribution in [0.25, 0.3) is 11.4 Å². The number of pyridine rings is 1. The van der Waals surface area contributed by atoms with E-state index >= 15 is 0 Å². The molecule has 0 amide bonds. The van der Waals surface area contributed by atoms with E-state index in [9.17, 15) is 8.42 Å². The van der Waals surface area contributed by atoms with Gasteiger partial charge in [-0.1, -0.05) is 17.3 Å². The summed E-state index contributed by atoms with van der Waals surface area (Å²) in [5.74, 6) is 1.53. The van der Waals surface area contributed by atoms with Crippen LogP contribution in [0.4, 0.5) is 0 Å². The number of aryl methyl sites for hydroxylation is 1. The topological polar surface area (TPSA) is 112 Å². The van der Waals surface area contributed by atoms with E-state index in [1.54, 1.807) is 18.3 Å². The van der Waals surface area contributed by atoms with E-state index in [-0.39, 0.29) is 16.7 Å². The molecule has 0 aliphatic heterocycles. The molecule has 4 rings (SSSR count). The van der Waals surface area contributed by atoms with Gasteiger partial charge in [-0.15, -0.1) is 0 Å². The zero-order valence-electron chi connectivity index (χ0n) is 13.5. The smallest absolute Gasteiger partial charge is 0.238 e. The first-order valence-electron chi connectivity index (χ1n) is 7.82. The van der Waals surface area contributed by atoms with Gasteiger partial charge in [0.25, 0.3) is 0 Å². The minimum atomic E-state index is -3.67. The van der Waals surface area contributed by atoms with Crippen LogP contribution in [0.3, 0.4) is 0 Å². The van der Waals surface area contributed by atoms with Crippen molar-refractivity contribution in [1.29, 1.82) is 0 Å². The van der Waals surface area contributed by atoms with E-state index in [4.69, 9.17) is 9.66 Å². The first-order chi connectivity index (χ1) is 11.9. The second-order valence-electron chi connectivity index (χ2n) is 6.16. The molecule has 2 N–H and O–H groups in total. The summed E-state index contributed by atoms with van der Waals surface area (Å²) in [6.45, 7) is 1.90. The molecule has 0 radical (unpaired) electrons. The van der Waals surface area contributed by atoms with Crippen LogP contribution in [0.1, 0.15) is 35.4 Å². The molecule has 2 aromatic heterocycles. The molecule has 2 heterocycles. The largest absolute Gasteiger partial charge is 0.339 e. The lowest BCUT2D eigenvalue weighted by Crippen LogP contribution is -2.11. The fraction of sp³-hybridized carbons (Fsp3) is 0.235. The molecule has 1 saturated carbocycles. The molecule has 1 aliphatic rings. The van der Waals surface area contributed by atoms with Gasteiger partial charge in [-0.05, 0) is 49.1 Å². The van der Waals surface area contributed by atoms with Gasteiger partial charge in [-0.25, -0.2) is 13.6 Å². The summed E-state index contributed by atoms with van der Waals surface area (Å²) in [5, 5.41) is 9.18. The molecule has 0 bridgehead atoms. The highest BCUT2D eigenvalue weighted by molar-refractivity contribution is 7.89. The van der Waals surface area contributed by atoms with Gasteiger partial charge in [0.15, 0.2) is 0 Å². The number of nitrogens with two attached hydrogens (primary N) is 1. The summed E-state index contributed by atoms with van der Waals surface area (Å²) in [6.07, 6.45) is 2.62. The molecule has 25 heavy (non-hydrogen) atoms. The summed E-state index contributed by atoms with van der Waals surface area (Å²) >= 11 is 0. The standard InChI is InChI=1S/C17H16N4O3S/c1-10-13(3-2-8-19-10)16-20-17(24-21-16)15-9-14(15)11-4-6-12(7-5-11)25(18,22)23/h2-8,14-15H,9H2,1H3,(H2,18,22,23)/t14-,15+/m1/s1. The van der Waals surface area contributed by atoms with Crippen LogP contribution in [-0.4, -0.2) is 23.5 Å². The van der Waals surface area contributed by atoms with Crippen LogP contribution in [0.5, 0.6) is 0 Å². The van der Waals surface area contributed by atoms with Crippen LogP contribution in [0.2, 0.25) is 0 Å². The Morgan fingerprint density at radius 3 is 2.60 bits per heavy atom. The number of rotatable bonds is 4. The second-order valence-corrected chi connectivity index (χ2v) is 7.72. The van der Waals surface area contributed by atoms with Crippen molar-refractivity contribution in [3.05, 3.63) is 59.7 Å². The van der Waals surface area contributed by atoms with E-state index in [1.165, 1.54) is 12.1 Å². The molecular weight excluding hydrogens is 340 g/mol. The average molecular weight is 356 g/mol. The van der Waals surface area contributed by atoms with Crippen LogP contribution < -0.4 is 5.14 Å². The van der Waals surface area contributed by atoms with Crippen LogP contribution in [0, 0.1) is 6.92 Å². The Balaban J connectivity index is 1.53. The number of hydrogen-bond acceptors (Lipinski definition) is 6. The first kappa shape index (κ1) is 15.9. The Kier molecular flexibility index (Phi) is 3.66. The highest BCUT2D eigenvalue weighted by atomic mass is 32.2. The minimum absolute atomic E-state index is 0.112. The first-order valence-corrected chi connectivity index (χ1v) is 9.36. The lowest BCUT2D eigenvalue weighted by atomic mass is 10.1. The van der Waals surface area contributed by atoms with Crippen molar-refractivity contribution in [2.75, 3.05) is 0 Å². The molecule has 0 spiro atoms. The van der Waals surface area contributed by atoms with Crippen LogP contribution in [-0.2, 0) is 10.0 Å². The quantitative estimate of drug-likeness (QED) is 0.768. The van der Waals surface area contributed by atoms with E-state index in [2.05, 4.69) is 15.1 Å². The molecular formula is C17H16N4O3S. The third-order valence-electron chi connectivity index (χ3n) is 4.43. The highest BCUT2D eigenvalue weighted by Crippen LogP contribution is 2.54. The Bertz CT molecular complexity index is 1030. The number of benzene rings is 1. The summed E-state index contributed by atoms with van der Waals surface area (Å²) in [4.78, 5) is 8.85. The van der Waals surface area contributed by atoms with E-state index < -0.39 is 10.0 Å².